The second-order valence-corrected chi connectivity index (χ2v) is 6.86. The SMILES string of the molecule is O=C(CC1OCCc2ccccc21)NC1(C(=O)O)CCCCCC1. The first-order valence-corrected chi connectivity index (χ1v) is 8.84. The Labute approximate surface area is 142 Å². The van der Waals surface area contributed by atoms with Crippen LogP contribution in [-0.2, 0) is 20.7 Å². The van der Waals surface area contributed by atoms with Crippen molar-refractivity contribution in [3.63, 3.8) is 0 Å². The summed E-state index contributed by atoms with van der Waals surface area (Å²) in [6.07, 6.45) is 5.51. The molecule has 1 heterocycles. The van der Waals surface area contributed by atoms with E-state index in [1.165, 1.54) is 5.56 Å². The molecule has 2 N–H and O–H groups in total. The summed E-state index contributed by atoms with van der Waals surface area (Å²) in [5.41, 5.74) is 1.15. The Morgan fingerprint density at radius 1 is 1.17 bits per heavy atom. The Hall–Kier alpha value is -1.88. The van der Waals surface area contributed by atoms with E-state index in [-0.39, 0.29) is 18.4 Å². The number of carbonyl (C=O) groups excluding carboxylic acids is 1. The maximum absolute atomic E-state index is 12.6. The van der Waals surface area contributed by atoms with Gasteiger partial charge in [0.25, 0.3) is 0 Å². The fraction of sp³-hybridized carbons (Fsp3) is 0.579. The largest absolute Gasteiger partial charge is 0.480 e. The van der Waals surface area contributed by atoms with Crippen LogP contribution < -0.4 is 5.32 Å². The molecule has 1 aliphatic carbocycles. The van der Waals surface area contributed by atoms with Gasteiger partial charge in [-0.15, -0.1) is 0 Å². The minimum atomic E-state index is -1.11. The van der Waals surface area contributed by atoms with Crippen LogP contribution in [0.15, 0.2) is 24.3 Å². The molecule has 1 unspecified atom stereocenters. The van der Waals surface area contributed by atoms with Crippen LogP contribution in [0.2, 0.25) is 0 Å². The van der Waals surface area contributed by atoms with Crippen LogP contribution >= 0.6 is 0 Å². The van der Waals surface area contributed by atoms with Crippen molar-refractivity contribution in [2.75, 3.05) is 6.61 Å². The van der Waals surface area contributed by atoms with Crippen LogP contribution in [0.5, 0.6) is 0 Å². The molecule has 1 aliphatic heterocycles. The van der Waals surface area contributed by atoms with E-state index in [1.807, 2.05) is 18.2 Å². The lowest BCUT2D eigenvalue weighted by Gasteiger charge is -2.31. The molecule has 1 aromatic carbocycles. The number of hydrogen-bond acceptors (Lipinski definition) is 3. The van der Waals surface area contributed by atoms with Crippen molar-refractivity contribution in [1.82, 2.24) is 5.32 Å². The third-order valence-electron chi connectivity index (χ3n) is 5.21. The third-order valence-corrected chi connectivity index (χ3v) is 5.21. The highest BCUT2D eigenvalue weighted by Gasteiger charge is 2.40. The summed E-state index contributed by atoms with van der Waals surface area (Å²) in [6.45, 7) is 0.596. The highest BCUT2D eigenvalue weighted by atomic mass is 16.5. The monoisotopic (exact) mass is 331 g/mol. The molecule has 3 rings (SSSR count). The van der Waals surface area contributed by atoms with E-state index < -0.39 is 11.5 Å². The van der Waals surface area contributed by atoms with Crippen LogP contribution in [0.4, 0.5) is 0 Å². The lowest BCUT2D eigenvalue weighted by molar-refractivity contribution is -0.149. The molecule has 0 spiro atoms. The summed E-state index contributed by atoms with van der Waals surface area (Å²) in [5.74, 6) is -1.15. The zero-order chi connectivity index (χ0) is 17.0. The highest BCUT2D eigenvalue weighted by molar-refractivity contribution is 5.87. The van der Waals surface area contributed by atoms with Crippen LogP contribution in [0.25, 0.3) is 0 Å². The number of carboxylic acids is 1. The number of fused-ring (bicyclic) bond motifs is 1. The van der Waals surface area contributed by atoms with E-state index in [0.29, 0.717) is 19.4 Å². The predicted molar refractivity (Wildman–Crippen MR) is 89.7 cm³/mol. The highest BCUT2D eigenvalue weighted by Crippen LogP contribution is 2.31. The Balaban J connectivity index is 1.70. The first-order valence-electron chi connectivity index (χ1n) is 8.84. The normalized spacial score (nSPS) is 22.9. The van der Waals surface area contributed by atoms with E-state index in [4.69, 9.17) is 4.74 Å². The molecular weight excluding hydrogens is 306 g/mol. The summed E-state index contributed by atoms with van der Waals surface area (Å²) < 4.78 is 5.77. The molecular formula is C19H25NO4. The van der Waals surface area contributed by atoms with E-state index >= 15 is 0 Å². The third kappa shape index (κ3) is 3.61. The van der Waals surface area contributed by atoms with Crippen molar-refractivity contribution in [3.05, 3.63) is 35.4 Å². The fourth-order valence-electron chi connectivity index (χ4n) is 3.86. The van der Waals surface area contributed by atoms with E-state index in [0.717, 1.165) is 37.7 Å². The molecule has 0 radical (unpaired) electrons. The van der Waals surface area contributed by atoms with E-state index in [9.17, 15) is 14.7 Å². The molecule has 5 heteroatoms. The van der Waals surface area contributed by atoms with E-state index in [2.05, 4.69) is 11.4 Å². The van der Waals surface area contributed by atoms with Gasteiger partial charge in [0.15, 0.2) is 0 Å². The van der Waals surface area contributed by atoms with Crippen LogP contribution in [0.3, 0.4) is 0 Å². The molecule has 1 atom stereocenters. The van der Waals surface area contributed by atoms with Gasteiger partial charge in [0.2, 0.25) is 5.91 Å². The molecule has 5 nitrogen and oxygen atoms in total. The summed E-state index contributed by atoms with van der Waals surface area (Å²) in [4.78, 5) is 24.4. The fourth-order valence-corrected chi connectivity index (χ4v) is 3.86. The van der Waals surface area contributed by atoms with Gasteiger partial charge in [0.1, 0.15) is 5.54 Å². The van der Waals surface area contributed by atoms with Gasteiger partial charge >= 0.3 is 5.97 Å². The average Bonchev–Trinajstić information content (AvgIpc) is 2.82. The molecule has 2 aliphatic rings. The topological polar surface area (TPSA) is 75.6 Å². The molecule has 130 valence electrons. The van der Waals surface area contributed by atoms with Gasteiger partial charge in [0.05, 0.1) is 19.1 Å². The van der Waals surface area contributed by atoms with Gasteiger partial charge in [-0.1, -0.05) is 49.9 Å². The van der Waals surface area contributed by atoms with Gasteiger partial charge in [-0.25, -0.2) is 4.79 Å². The number of ether oxygens (including phenoxy) is 1. The lowest BCUT2D eigenvalue weighted by Crippen LogP contribution is -2.54. The summed E-state index contributed by atoms with van der Waals surface area (Å²) in [6, 6.07) is 7.99. The van der Waals surface area contributed by atoms with E-state index in [1.54, 1.807) is 0 Å². The van der Waals surface area contributed by atoms with Crippen LogP contribution in [-0.4, -0.2) is 29.1 Å². The number of nitrogens with one attached hydrogen (secondary N) is 1. The summed E-state index contributed by atoms with van der Waals surface area (Å²) in [7, 11) is 0. The maximum Gasteiger partial charge on any atom is 0.329 e. The maximum atomic E-state index is 12.6. The average molecular weight is 331 g/mol. The van der Waals surface area contributed by atoms with Crippen LogP contribution in [0, 0.1) is 0 Å². The molecule has 0 aromatic heterocycles. The lowest BCUT2D eigenvalue weighted by atomic mass is 9.89. The van der Waals surface area contributed by atoms with Crippen molar-refractivity contribution in [2.45, 2.75) is 63.0 Å². The Morgan fingerprint density at radius 2 is 1.88 bits per heavy atom. The number of carboxylic acid groups (broad SMARTS) is 1. The van der Waals surface area contributed by atoms with Gasteiger partial charge in [0, 0.05) is 0 Å². The minimum absolute atomic E-state index is 0.173. The predicted octanol–water partition coefficient (Wildman–Crippen LogP) is 2.98. The molecule has 24 heavy (non-hydrogen) atoms. The van der Waals surface area contributed by atoms with Gasteiger partial charge < -0.3 is 15.2 Å². The number of rotatable bonds is 4. The molecule has 1 aromatic rings. The zero-order valence-electron chi connectivity index (χ0n) is 13.9. The van der Waals surface area contributed by atoms with Crippen LogP contribution in [0.1, 0.15) is 62.2 Å². The second-order valence-electron chi connectivity index (χ2n) is 6.86. The number of carbonyl (C=O) groups is 2. The number of hydrogen-bond donors (Lipinski definition) is 2. The quantitative estimate of drug-likeness (QED) is 0.832. The van der Waals surface area contributed by atoms with Crippen molar-refractivity contribution >= 4 is 11.9 Å². The van der Waals surface area contributed by atoms with Crippen molar-refractivity contribution in [2.24, 2.45) is 0 Å². The minimum Gasteiger partial charge on any atom is -0.480 e. The van der Waals surface area contributed by atoms with Crippen molar-refractivity contribution < 1.29 is 19.4 Å². The van der Waals surface area contributed by atoms with Crippen molar-refractivity contribution in [1.29, 1.82) is 0 Å². The zero-order valence-corrected chi connectivity index (χ0v) is 13.9. The summed E-state index contributed by atoms with van der Waals surface area (Å²) >= 11 is 0. The molecule has 1 amide bonds. The molecule has 1 fully saturated rings. The molecule has 0 bridgehead atoms. The first kappa shape index (κ1) is 17.0. The Bertz CT molecular complexity index is 605. The smallest absolute Gasteiger partial charge is 0.329 e. The number of amides is 1. The van der Waals surface area contributed by atoms with Gasteiger partial charge in [-0.2, -0.15) is 0 Å². The Kier molecular flexibility index (Phi) is 5.19. The standard InChI is InChI=1S/C19H25NO4/c21-17(20-19(18(22)23)10-5-1-2-6-11-19)13-16-15-8-4-3-7-14(15)9-12-24-16/h3-4,7-8,16H,1-2,5-6,9-13H2,(H,20,21)(H,22,23). The molecule has 1 saturated carbocycles. The van der Waals surface area contributed by atoms with Gasteiger partial charge in [-0.3, -0.25) is 4.79 Å². The number of benzene rings is 1. The Morgan fingerprint density at radius 3 is 2.58 bits per heavy atom. The summed E-state index contributed by atoms with van der Waals surface area (Å²) in [5, 5.41) is 12.5. The second kappa shape index (κ2) is 7.34. The molecule has 0 saturated heterocycles. The van der Waals surface area contributed by atoms with Crippen molar-refractivity contribution in [3.8, 4) is 0 Å². The number of aliphatic carboxylic acids is 1. The first-order chi connectivity index (χ1) is 11.6. The van der Waals surface area contributed by atoms with Gasteiger partial charge in [-0.05, 0) is 30.4 Å².